The minimum absolute atomic E-state index is 0.0723. The Kier molecular flexibility index (Phi) is 5.91. The van der Waals surface area contributed by atoms with Gasteiger partial charge in [-0.15, -0.1) is 0 Å². The summed E-state index contributed by atoms with van der Waals surface area (Å²) < 4.78 is 0. The zero-order valence-corrected chi connectivity index (χ0v) is 16.8. The molecule has 5 heteroatoms. The Morgan fingerprint density at radius 1 is 0.964 bits per heavy atom. The van der Waals surface area contributed by atoms with Crippen LogP contribution < -0.4 is 4.90 Å². The SMILES string of the molecule is CN1CCN(c2ccc(C(=O)N3CCC(Cc4ccccc4)CC3)nc2)CC1. The summed E-state index contributed by atoms with van der Waals surface area (Å²) in [5.41, 5.74) is 3.08. The minimum atomic E-state index is 0.0723. The molecule has 1 amide bonds. The molecule has 148 valence electrons. The van der Waals surface area contributed by atoms with Crippen molar-refractivity contribution in [2.24, 2.45) is 5.92 Å². The number of anilines is 1. The fraction of sp³-hybridized carbons (Fsp3) is 0.478. The van der Waals surface area contributed by atoms with Crippen LogP contribution in [0.2, 0.25) is 0 Å². The molecule has 1 aromatic carbocycles. The van der Waals surface area contributed by atoms with Gasteiger partial charge >= 0.3 is 0 Å². The van der Waals surface area contributed by atoms with Crippen LogP contribution in [0.3, 0.4) is 0 Å². The standard InChI is InChI=1S/C23H30N4O/c1-25-13-15-26(16-14-25)21-7-8-22(24-18-21)23(28)27-11-9-20(10-12-27)17-19-5-3-2-4-6-19/h2-8,18,20H,9-17H2,1H3. The summed E-state index contributed by atoms with van der Waals surface area (Å²) in [6.45, 7) is 5.83. The van der Waals surface area contributed by atoms with E-state index in [0.29, 0.717) is 11.6 Å². The maximum atomic E-state index is 12.8. The van der Waals surface area contributed by atoms with Crippen LogP contribution in [0.5, 0.6) is 0 Å². The summed E-state index contributed by atoms with van der Waals surface area (Å²) in [4.78, 5) is 24.0. The highest BCUT2D eigenvalue weighted by atomic mass is 16.2. The fourth-order valence-electron chi connectivity index (χ4n) is 4.21. The molecule has 0 aliphatic carbocycles. The first-order valence-electron chi connectivity index (χ1n) is 10.4. The molecule has 2 aliphatic rings. The van der Waals surface area contributed by atoms with Crippen molar-refractivity contribution in [2.75, 3.05) is 51.2 Å². The second-order valence-electron chi connectivity index (χ2n) is 8.12. The zero-order valence-electron chi connectivity index (χ0n) is 16.8. The van der Waals surface area contributed by atoms with Crippen LogP contribution in [0.4, 0.5) is 5.69 Å². The number of nitrogens with zero attached hydrogens (tertiary/aromatic N) is 4. The summed E-state index contributed by atoms with van der Waals surface area (Å²) in [7, 11) is 2.15. The van der Waals surface area contributed by atoms with Gasteiger partial charge in [0.15, 0.2) is 0 Å². The van der Waals surface area contributed by atoms with Gasteiger partial charge in [0.2, 0.25) is 0 Å². The first kappa shape index (κ1) is 18.9. The molecule has 0 atom stereocenters. The lowest BCUT2D eigenvalue weighted by Crippen LogP contribution is -2.44. The number of hydrogen-bond acceptors (Lipinski definition) is 4. The Labute approximate surface area is 168 Å². The molecule has 28 heavy (non-hydrogen) atoms. The van der Waals surface area contributed by atoms with E-state index in [1.165, 1.54) is 5.56 Å². The Bertz CT molecular complexity index is 761. The quantitative estimate of drug-likeness (QED) is 0.820. The topological polar surface area (TPSA) is 39.7 Å². The van der Waals surface area contributed by atoms with E-state index in [1.54, 1.807) is 0 Å². The molecule has 0 N–H and O–H groups in total. The Balaban J connectivity index is 1.30. The maximum Gasteiger partial charge on any atom is 0.272 e. The van der Waals surface area contributed by atoms with Crippen LogP contribution in [0.1, 0.15) is 28.9 Å². The van der Waals surface area contributed by atoms with Gasteiger partial charge in [0.05, 0.1) is 11.9 Å². The van der Waals surface area contributed by atoms with Crippen LogP contribution in [-0.2, 0) is 6.42 Å². The number of piperidine rings is 1. The minimum Gasteiger partial charge on any atom is -0.368 e. The molecule has 0 unspecified atom stereocenters. The van der Waals surface area contributed by atoms with E-state index in [9.17, 15) is 4.79 Å². The van der Waals surface area contributed by atoms with Gasteiger partial charge in [0, 0.05) is 39.3 Å². The highest BCUT2D eigenvalue weighted by molar-refractivity contribution is 5.92. The van der Waals surface area contributed by atoms with Crippen molar-refractivity contribution in [3.63, 3.8) is 0 Å². The lowest BCUT2D eigenvalue weighted by Gasteiger charge is -2.34. The van der Waals surface area contributed by atoms with Crippen molar-refractivity contribution in [3.05, 3.63) is 59.9 Å². The number of benzene rings is 1. The largest absolute Gasteiger partial charge is 0.368 e. The number of rotatable bonds is 4. The Hall–Kier alpha value is -2.40. The highest BCUT2D eigenvalue weighted by Gasteiger charge is 2.24. The third kappa shape index (κ3) is 4.53. The molecule has 0 saturated carbocycles. The predicted octanol–water partition coefficient (Wildman–Crippen LogP) is 2.93. The fourth-order valence-corrected chi connectivity index (χ4v) is 4.21. The number of piperazine rings is 1. The first-order chi connectivity index (χ1) is 13.7. The third-order valence-electron chi connectivity index (χ3n) is 6.10. The van der Waals surface area contributed by atoms with Crippen molar-refractivity contribution >= 4 is 11.6 Å². The lowest BCUT2D eigenvalue weighted by molar-refractivity contribution is 0.0684. The zero-order chi connectivity index (χ0) is 19.3. The lowest BCUT2D eigenvalue weighted by atomic mass is 9.90. The summed E-state index contributed by atoms with van der Waals surface area (Å²) in [6, 6.07) is 14.6. The smallest absolute Gasteiger partial charge is 0.272 e. The normalized spacial score (nSPS) is 19.0. The predicted molar refractivity (Wildman–Crippen MR) is 113 cm³/mol. The van der Waals surface area contributed by atoms with Crippen molar-refractivity contribution in [1.29, 1.82) is 0 Å². The van der Waals surface area contributed by atoms with Gasteiger partial charge in [-0.1, -0.05) is 30.3 Å². The molecular formula is C23H30N4O. The third-order valence-corrected chi connectivity index (χ3v) is 6.10. The Morgan fingerprint density at radius 2 is 1.68 bits per heavy atom. The molecule has 2 aromatic rings. The molecule has 2 fully saturated rings. The van der Waals surface area contributed by atoms with Gasteiger partial charge < -0.3 is 14.7 Å². The van der Waals surface area contributed by atoms with E-state index < -0.39 is 0 Å². The second kappa shape index (κ2) is 8.74. The second-order valence-corrected chi connectivity index (χ2v) is 8.12. The summed E-state index contributed by atoms with van der Waals surface area (Å²) in [5, 5.41) is 0. The van der Waals surface area contributed by atoms with E-state index in [4.69, 9.17) is 0 Å². The maximum absolute atomic E-state index is 12.8. The van der Waals surface area contributed by atoms with E-state index in [-0.39, 0.29) is 5.91 Å². The molecule has 0 spiro atoms. The van der Waals surface area contributed by atoms with E-state index in [2.05, 4.69) is 52.2 Å². The monoisotopic (exact) mass is 378 g/mol. The van der Waals surface area contributed by atoms with Gasteiger partial charge in [-0.05, 0) is 49.9 Å². The molecule has 0 bridgehead atoms. The number of likely N-dealkylation sites (tertiary alicyclic amines) is 1. The first-order valence-corrected chi connectivity index (χ1v) is 10.4. The van der Waals surface area contributed by atoms with Crippen molar-refractivity contribution in [1.82, 2.24) is 14.8 Å². The Morgan fingerprint density at radius 3 is 2.32 bits per heavy atom. The number of aromatic nitrogens is 1. The highest BCUT2D eigenvalue weighted by Crippen LogP contribution is 2.23. The number of carbonyl (C=O) groups excluding carboxylic acids is 1. The number of pyridine rings is 1. The van der Waals surface area contributed by atoms with Crippen molar-refractivity contribution in [3.8, 4) is 0 Å². The summed E-state index contributed by atoms with van der Waals surface area (Å²) in [5.74, 6) is 0.738. The molecular weight excluding hydrogens is 348 g/mol. The van der Waals surface area contributed by atoms with Gasteiger partial charge in [-0.25, -0.2) is 4.98 Å². The van der Waals surface area contributed by atoms with Gasteiger partial charge in [0.1, 0.15) is 5.69 Å². The number of hydrogen-bond donors (Lipinski definition) is 0. The summed E-state index contributed by atoms with van der Waals surface area (Å²) >= 11 is 0. The molecule has 4 rings (SSSR count). The van der Waals surface area contributed by atoms with Crippen LogP contribution >= 0.6 is 0 Å². The molecule has 2 saturated heterocycles. The molecule has 5 nitrogen and oxygen atoms in total. The summed E-state index contributed by atoms with van der Waals surface area (Å²) in [6.07, 6.45) is 5.11. The number of carbonyl (C=O) groups is 1. The van der Waals surface area contributed by atoms with Crippen molar-refractivity contribution in [2.45, 2.75) is 19.3 Å². The van der Waals surface area contributed by atoms with E-state index in [0.717, 1.165) is 64.2 Å². The van der Waals surface area contributed by atoms with E-state index >= 15 is 0 Å². The van der Waals surface area contributed by atoms with Crippen LogP contribution in [-0.4, -0.2) is 67.0 Å². The van der Waals surface area contributed by atoms with Gasteiger partial charge in [-0.2, -0.15) is 0 Å². The van der Waals surface area contributed by atoms with E-state index in [1.807, 2.05) is 23.2 Å². The van der Waals surface area contributed by atoms with Gasteiger partial charge in [0.25, 0.3) is 5.91 Å². The van der Waals surface area contributed by atoms with Crippen molar-refractivity contribution < 1.29 is 4.79 Å². The average Bonchev–Trinajstić information content (AvgIpc) is 2.75. The number of likely N-dealkylation sites (N-methyl/N-ethyl adjacent to an activating group) is 1. The molecule has 3 heterocycles. The molecule has 1 aromatic heterocycles. The van der Waals surface area contributed by atoms with Crippen LogP contribution in [0.15, 0.2) is 48.7 Å². The van der Waals surface area contributed by atoms with Crippen LogP contribution in [0, 0.1) is 5.92 Å². The van der Waals surface area contributed by atoms with Crippen LogP contribution in [0.25, 0.3) is 0 Å². The molecule has 2 aliphatic heterocycles. The molecule has 0 radical (unpaired) electrons. The number of amides is 1. The van der Waals surface area contributed by atoms with Gasteiger partial charge in [-0.3, -0.25) is 4.79 Å². The average molecular weight is 379 g/mol.